The van der Waals surface area contributed by atoms with E-state index in [-0.39, 0.29) is 18.5 Å². The second kappa shape index (κ2) is 9.56. The van der Waals surface area contributed by atoms with Gasteiger partial charge in [0, 0.05) is 34.4 Å². The van der Waals surface area contributed by atoms with Crippen molar-refractivity contribution in [3.05, 3.63) is 65.9 Å². The summed E-state index contributed by atoms with van der Waals surface area (Å²) in [5.41, 5.74) is 1.88. The van der Waals surface area contributed by atoms with Crippen LogP contribution in [0.15, 0.2) is 54.7 Å². The van der Waals surface area contributed by atoms with Crippen LogP contribution in [-0.2, 0) is 25.6 Å². The summed E-state index contributed by atoms with van der Waals surface area (Å²) in [5.74, 6) is -1.87. The number of benzene rings is 2. The van der Waals surface area contributed by atoms with Crippen LogP contribution in [0.2, 0.25) is 0 Å². The third kappa shape index (κ3) is 5.38. The van der Waals surface area contributed by atoms with E-state index in [1.54, 1.807) is 53.1 Å². The van der Waals surface area contributed by atoms with Crippen molar-refractivity contribution in [2.24, 2.45) is 0 Å². The van der Waals surface area contributed by atoms with Crippen LogP contribution >= 0.6 is 0 Å². The van der Waals surface area contributed by atoms with Crippen molar-refractivity contribution in [2.45, 2.75) is 25.4 Å². The highest BCUT2D eigenvalue weighted by Gasteiger charge is 2.24. The number of methoxy groups -OCH3 is 1. The Morgan fingerprint density at radius 2 is 1.85 bits per heavy atom. The van der Waals surface area contributed by atoms with Crippen molar-refractivity contribution < 1.29 is 28.7 Å². The first-order chi connectivity index (χ1) is 15.9. The number of amides is 2. The minimum atomic E-state index is -0.639. The predicted octanol–water partition coefficient (Wildman–Crippen LogP) is 2.50. The van der Waals surface area contributed by atoms with E-state index in [0.29, 0.717) is 27.7 Å². The number of carbonyl (C=O) groups excluding carboxylic acids is 4. The Kier molecular flexibility index (Phi) is 6.39. The number of ether oxygens (including phenoxy) is 2. The van der Waals surface area contributed by atoms with Crippen molar-refractivity contribution in [3.8, 4) is 0 Å². The molecule has 0 atom stereocenters. The number of carbonyl (C=O) groups is 4. The van der Waals surface area contributed by atoms with Gasteiger partial charge in [0.2, 0.25) is 0 Å². The minimum absolute atomic E-state index is 0.179. The van der Waals surface area contributed by atoms with Crippen LogP contribution < -0.4 is 10.6 Å². The van der Waals surface area contributed by atoms with E-state index in [1.165, 1.54) is 13.3 Å². The van der Waals surface area contributed by atoms with E-state index in [1.807, 2.05) is 0 Å². The van der Waals surface area contributed by atoms with E-state index < -0.39 is 24.5 Å². The molecule has 0 spiro atoms. The van der Waals surface area contributed by atoms with Crippen LogP contribution in [-0.4, -0.2) is 48.1 Å². The fraction of sp³-hybridized carbons (Fsp3) is 0.250. The SMILES string of the molecule is COC(=O)c1cn(CC(=O)OCC(=O)Nc2cccc(C(=O)NC3CC3)c2)c2ccccc12. The molecule has 170 valence electrons. The molecule has 9 nitrogen and oxygen atoms in total. The summed E-state index contributed by atoms with van der Waals surface area (Å²) < 4.78 is 11.5. The first-order valence-electron chi connectivity index (χ1n) is 10.5. The maximum atomic E-state index is 12.3. The summed E-state index contributed by atoms with van der Waals surface area (Å²) in [6.45, 7) is -0.665. The zero-order valence-corrected chi connectivity index (χ0v) is 18.0. The fourth-order valence-electron chi connectivity index (χ4n) is 3.41. The standard InChI is InChI=1S/C24H23N3O6/c1-32-24(31)19-12-27(20-8-3-2-7-18(19)20)13-22(29)33-14-21(28)25-17-6-4-5-15(11-17)23(30)26-16-9-10-16/h2-8,11-12,16H,9-10,13-14H2,1H3,(H,25,28)(H,26,30). The fourth-order valence-corrected chi connectivity index (χ4v) is 3.41. The molecule has 33 heavy (non-hydrogen) atoms. The first kappa shape index (κ1) is 22.1. The summed E-state index contributed by atoms with van der Waals surface area (Å²) >= 11 is 0. The number of rotatable bonds is 8. The van der Waals surface area contributed by atoms with Crippen molar-refractivity contribution in [1.82, 2.24) is 9.88 Å². The molecule has 9 heteroatoms. The maximum absolute atomic E-state index is 12.3. The molecule has 0 aliphatic heterocycles. The molecule has 1 aliphatic carbocycles. The van der Waals surface area contributed by atoms with Gasteiger partial charge in [-0.1, -0.05) is 24.3 Å². The summed E-state index contributed by atoms with van der Waals surface area (Å²) in [4.78, 5) is 48.7. The Labute approximate surface area is 189 Å². The molecule has 4 rings (SSSR count). The van der Waals surface area contributed by atoms with E-state index in [2.05, 4.69) is 10.6 Å². The van der Waals surface area contributed by atoms with Crippen molar-refractivity contribution in [3.63, 3.8) is 0 Å². The molecule has 1 aromatic heterocycles. The maximum Gasteiger partial charge on any atom is 0.340 e. The highest BCUT2D eigenvalue weighted by atomic mass is 16.5. The molecule has 1 saturated carbocycles. The Morgan fingerprint density at radius 3 is 2.61 bits per heavy atom. The molecule has 1 fully saturated rings. The monoisotopic (exact) mass is 449 g/mol. The number of nitrogens with zero attached hydrogens (tertiary/aromatic N) is 1. The third-order valence-electron chi connectivity index (χ3n) is 5.18. The second-order valence-electron chi connectivity index (χ2n) is 7.72. The highest BCUT2D eigenvalue weighted by Crippen LogP contribution is 2.22. The van der Waals surface area contributed by atoms with Gasteiger partial charge in [-0.2, -0.15) is 0 Å². The number of para-hydroxylation sites is 1. The van der Waals surface area contributed by atoms with Crippen LogP contribution in [0, 0.1) is 0 Å². The molecule has 0 bridgehead atoms. The lowest BCUT2D eigenvalue weighted by Gasteiger charge is -2.09. The van der Waals surface area contributed by atoms with Crippen LogP contribution in [0.1, 0.15) is 33.6 Å². The average Bonchev–Trinajstić information content (AvgIpc) is 3.57. The first-order valence-corrected chi connectivity index (χ1v) is 10.5. The Bertz CT molecular complexity index is 1230. The van der Waals surface area contributed by atoms with E-state index >= 15 is 0 Å². The van der Waals surface area contributed by atoms with Gasteiger partial charge in [-0.25, -0.2) is 4.79 Å². The van der Waals surface area contributed by atoms with E-state index in [0.717, 1.165) is 12.8 Å². The van der Waals surface area contributed by atoms with Gasteiger partial charge < -0.3 is 24.7 Å². The normalized spacial score (nSPS) is 12.8. The lowest BCUT2D eigenvalue weighted by molar-refractivity contribution is -0.147. The highest BCUT2D eigenvalue weighted by molar-refractivity contribution is 6.04. The van der Waals surface area contributed by atoms with Crippen molar-refractivity contribution >= 4 is 40.3 Å². The number of hydrogen-bond donors (Lipinski definition) is 2. The number of anilines is 1. The van der Waals surface area contributed by atoms with Crippen LogP contribution in [0.3, 0.4) is 0 Å². The van der Waals surface area contributed by atoms with Crippen LogP contribution in [0.4, 0.5) is 5.69 Å². The smallest absolute Gasteiger partial charge is 0.340 e. The summed E-state index contributed by atoms with van der Waals surface area (Å²) in [6, 6.07) is 13.9. The zero-order valence-electron chi connectivity index (χ0n) is 18.0. The summed E-state index contributed by atoms with van der Waals surface area (Å²) in [5, 5.41) is 6.16. The molecule has 2 N–H and O–H groups in total. The zero-order chi connectivity index (χ0) is 23.4. The summed E-state index contributed by atoms with van der Waals surface area (Å²) in [6.07, 6.45) is 3.49. The number of hydrogen-bond acceptors (Lipinski definition) is 6. The number of esters is 2. The minimum Gasteiger partial charge on any atom is -0.465 e. The Hall–Kier alpha value is -4.14. The van der Waals surface area contributed by atoms with E-state index in [4.69, 9.17) is 9.47 Å². The lowest BCUT2D eigenvalue weighted by Crippen LogP contribution is -2.26. The molecule has 2 amide bonds. The van der Waals surface area contributed by atoms with Gasteiger partial charge in [0.15, 0.2) is 6.61 Å². The molecule has 0 unspecified atom stereocenters. The summed E-state index contributed by atoms with van der Waals surface area (Å²) in [7, 11) is 1.29. The Balaban J connectivity index is 1.33. The van der Waals surface area contributed by atoms with E-state index in [9.17, 15) is 19.2 Å². The number of nitrogens with one attached hydrogen (secondary N) is 2. The molecular weight excluding hydrogens is 426 g/mol. The molecule has 2 aromatic carbocycles. The number of aromatic nitrogens is 1. The topological polar surface area (TPSA) is 116 Å². The quantitative estimate of drug-likeness (QED) is 0.511. The predicted molar refractivity (Wildman–Crippen MR) is 120 cm³/mol. The van der Waals surface area contributed by atoms with Gasteiger partial charge >= 0.3 is 11.9 Å². The van der Waals surface area contributed by atoms with Gasteiger partial charge in [0.1, 0.15) is 6.54 Å². The van der Waals surface area contributed by atoms with Crippen molar-refractivity contribution in [2.75, 3.05) is 19.0 Å². The van der Waals surface area contributed by atoms with Crippen LogP contribution in [0.5, 0.6) is 0 Å². The van der Waals surface area contributed by atoms with Gasteiger partial charge in [0.25, 0.3) is 11.8 Å². The lowest BCUT2D eigenvalue weighted by atomic mass is 10.2. The third-order valence-corrected chi connectivity index (χ3v) is 5.18. The molecule has 0 saturated heterocycles. The molecule has 1 aliphatic rings. The van der Waals surface area contributed by atoms with Crippen molar-refractivity contribution in [1.29, 1.82) is 0 Å². The molecule has 1 heterocycles. The molecular formula is C24H23N3O6. The van der Waals surface area contributed by atoms with Crippen LogP contribution in [0.25, 0.3) is 10.9 Å². The van der Waals surface area contributed by atoms with Gasteiger partial charge in [-0.15, -0.1) is 0 Å². The van der Waals surface area contributed by atoms with Gasteiger partial charge in [0.05, 0.1) is 12.7 Å². The number of fused-ring (bicyclic) bond motifs is 1. The largest absolute Gasteiger partial charge is 0.465 e. The Morgan fingerprint density at radius 1 is 1.06 bits per heavy atom. The second-order valence-corrected chi connectivity index (χ2v) is 7.72. The molecule has 3 aromatic rings. The average molecular weight is 449 g/mol. The van der Waals surface area contributed by atoms with Gasteiger partial charge in [-0.3, -0.25) is 14.4 Å². The molecule has 0 radical (unpaired) electrons. The van der Waals surface area contributed by atoms with Gasteiger partial charge in [-0.05, 0) is 37.1 Å².